The number of imidazole rings is 1. The highest BCUT2D eigenvalue weighted by Crippen LogP contribution is 2.57. The summed E-state index contributed by atoms with van der Waals surface area (Å²) in [7, 11) is 1.76. The van der Waals surface area contributed by atoms with Gasteiger partial charge in [0.15, 0.2) is 17.0 Å². The summed E-state index contributed by atoms with van der Waals surface area (Å²) in [6, 6.07) is 7.66. The zero-order valence-electron chi connectivity index (χ0n) is 16.8. The lowest BCUT2D eigenvalue weighted by molar-refractivity contribution is 0.112. The summed E-state index contributed by atoms with van der Waals surface area (Å²) in [6.07, 6.45) is 3.88. The predicted molar refractivity (Wildman–Crippen MR) is 110 cm³/mol. The molecule has 4 heterocycles. The maximum atomic E-state index is 12.7. The number of carbonyl (C=O) groups excluding carboxylic acids is 1. The Bertz CT molecular complexity index is 1340. The molecule has 1 saturated heterocycles. The molecular weight excluding hydrogens is 398 g/mol. The molecule has 10 heteroatoms. The first-order valence-corrected chi connectivity index (χ1v) is 10.1. The minimum absolute atomic E-state index is 0.178. The average Bonchev–Trinajstić information content (AvgIpc) is 3.21. The Morgan fingerprint density at radius 1 is 1.13 bits per heavy atom. The van der Waals surface area contributed by atoms with Gasteiger partial charge in [-0.15, -0.1) is 0 Å². The molecule has 6 rings (SSSR count). The molecule has 1 aromatic carbocycles. The minimum Gasteiger partial charge on any atom is -0.371 e. The maximum absolute atomic E-state index is 12.7. The molecule has 0 radical (unpaired) electrons. The molecule has 2 aliphatic rings. The van der Waals surface area contributed by atoms with Gasteiger partial charge in [-0.1, -0.05) is 5.16 Å². The molecular formula is C21H19N7O3. The topological polar surface area (TPSA) is 112 Å². The monoisotopic (exact) mass is 417 g/mol. The molecule has 2 fully saturated rings. The van der Waals surface area contributed by atoms with Crippen LogP contribution in [-0.4, -0.2) is 48.6 Å². The number of fused-ring (bicyclic) bond motifs is 2. The molecule has 0 bridgehead atoms. The highest BCUT2D eigenvalue weighted by Gasteiger charge is 2.58. The summed E-state index contributed by atoms with van der Waals surface area (Å²) in [5.74, 6) is 2.38. The van der Waals surface area contributed by atoms with E-state index in [1.807, 2.05) is 24.3 Å². The van der Waals surface area contributed by atoms with Crippen LogP contribution in [0.15, 0.2) is 46.2 Å². The molecule has 156 valence electrons. The lowest BCUT2D eigenvalue weighted by atomic mass is 10.2. The Labute approximate surface area is 176 Å². The van der Waals surface area contributed by atoms with E-state index in [4.69, 9.17) is 4.52 Å². The van der Waals surface area contributed by atoms with Crippen LogP contribution in [0.5, 0.6) is 0 Å². The van der Waals surface area contributed by atoms with Crippen LogP contribution >= 0.6 is 0 Å². The highest BCUT2D eigenvalue weighted by molar-refractivity contribution is 5.75. The fraction of sp³-hybridized carbons (Fsp3) is 0.333. The van der Waals surface area contributed by atoms with Gasteiger partial charge in [0, 0.05) is 37.3 Å². The van der Waals surface area contributed by atoms with Crippen LogP contribution in [-0.2, 0) is 13.6 Å². The van der Waals surface area contributed by atoms with E-state index in [0.717, 1.165) is 25.1 Å². The van der Waals surface area contributed by atoms with Crippen molar-refractivity contribution in [1.29, 1.82) is 0 Å². The SMILES string of the molecule is Cn1cnc2ncn(Cc3nc([C@H]4[C@@H]5CN(c6ccc(C=O)cc6)C[C@@H]54)no3)c(=O)c21. The molecule has 31 heavy (non-hydrogen) atoms. The van der Waals surface area contributed by atoms with Gasteiger partial charge >= 0.3 is 0 Å². The van der Waals surface area contributed by atoms with E-state index in [-0.39, 0.29) is 18.0 Å². The second-order valence-electron chi connectivity index (χ2n) is 8.22. The molecule has 10 nitrogen and oxygen atoms in total. The summed E-state index contributed by atoms with van der Waals surface area (Å²) >= 11 is 0. The molecule has 3 aromatic heterocycles. The van der Waals surface area contributed by atoms with Gasteiger partial charge in [-0.05, 0) is 36.1 Å². The lowest BCUT2D eigenvalue weighted by Gasteiger charge is -2.21. The average molecular weight is 417 g/mol. The fourth-order valence-electron chi connectivity index (χ4n) is 4.68. The molecule has 0 unspecified atom stereocenters. The number of piperidine rings is 1. The minimum atomic E-state index is -0.190. The Hall–Kier alpha value is -3.82. The van der Waals surface area contributed by atoms with Crippen molar-refractivity contribution in [3.8, 4) is 0 Å². The van der Waals surface area contributed by atoms with Gasteiger partial charge in [-0.2, -0.15) is 4.98 Å². The summed E-state index contributed by atoms with van der Waals surface area (Å²) in [6.45, 7) is 2.04. The quantitative estimate of drug-likeness (QED) is 0.446. The third-order valence-corrected chi connectivity index (χ3v) is 6.38. The van der Waals surface area contributed by atoms with E-state index in [9.17, 15) is 9.59 Å². The first-order chi connectivity index (χ1) is 15.1. The number of nitrogens with zero attached hydrogens (tertiary/aromatic N) is 7. The van der Waals surface area contributed by atoms with Crippen molar-refractivity contribution in [3.63, 3.8) is 0 Å². The number of carbonyl (C=O) groups is 1. The van der Waals surface area contributed by atoms with Gasteiger partial charge in [-0.3, -0.25) is 14.2 Å². The van der Waals surface area contributed by atoms with Gasteiger partial charge in [0.25, 0.3) is 5.56 Å². The summed E-state index contributed by atoms with van der Waals surface area (Å²) < 4.78 is 8.55. The molecule has 3 atom stereocenters. The van der Waals surface area contributed by atoms with Gasteiger partial charge < -0.3 is 14.0 Å². The second-order valence-corrected chi connectivity index (χ2v) is 8.22. The van der Waals surface area contributed by atoms with Crippen LogP contribution in [0.1, 0.15) is 28.0 Å². The van der Waals surface area contributed by atoms with E-state index >= 15 is 0 Å². The van der Waals surface area contributed by atoms with Gasteiger partial charge in [0.2, 0.25) is 5.89 Å². The van der Waals surface area contributed by atoms with Gasteiger partial charge in [0.05, 0.1) is 6.33 Å². The number of benzene rings is 1. The van der Waals surface area contributed by atoms with Gasteiger partial charge in [0.1, 0.15) is 19.2 Å². The van der Waals surface area contributed by atoms with E-state index in [0.29, 0.717) is 40.3 Å². The van der Waals surface area contributed by atoms with Crippen LogP contribution in [0, 0.1) is 11.8 Å². The maximum Gasteiger partial charge on any atom is 0.280 e. The molecule has 0 amide bonds. The number of hydrogen-bond donors (Lipinski definition) is 0. The standard InChI is InChI=1S/C21H19N7O3/c1-26-10-22-20-18(26)21(30)28(11-23-20)8-16-24-19(25-31-16)17-14-6-27(7-15(14)17)13-4-2-12(9-29)3-5-13/h2-5,9-11,14-15,17H,6-8H2,1H3/t14-,15+,17+. The second kappa shape index (κ2) is 6.59. The van der Waals surface area contributed by atoms with Gasteiger partial charge in [-0.25, -0.2) is 9.97 Å². The van der Waals surface area contributed by atoms with Crippen LogP contribution in [0.25, 0.3) is 11.2 Å². The summed E-state index contributed by atoms with van der Waals surface area (Å²) in [4.78, 5) is 38.7. The molecule has 1 aliphatic heterocycles. The van der Waals surface area contributed by atoms with E-state index in [1.165, 1.54) is 10.9 Å². The molecule has 1 aliphatic carbocycles. The van der Waals surface area contributed by atoms with Crippen molar-refractivity contribution >= 4 is 23.1 Å². The summed E-state index contributed by atoms with van der Waals surface area (Å²) in [5, 5.41) is 4.18. The third-order valence-electron chi connectivity index (χ3n) is 6.38. The van der Waals surface area contributed by atoms with Crippen LogP contribution in [0.3, 0.4) is 0 Å². The Morgan fingerprint density at radius 2 is 1.87 bits per heavy atom. The van der Waals surface area contributed by atoms with Crippen LogP contribution in [0.2, 0.25) is 0 Å². The van der Waals surface area contributed by atoms with E-state index in [2.05, 4.69) is 25.0 Å². The number of anilines is 1. The first-order valence-electron chi connectivity index (χ1n) is 10.1. The van der Waals surface area contributed by atoms with Crippen LogP contribution in [0.4, 0.5) is 5.69 Å². The highest BCUT2D eigenvalue weighted by atomic mass is 16.5. The first kappa shape index (κ1) is 18.0. The van der Waals surface area contributed by atoms with Crippen LogP contribution < -0.4 is 10.5 Å². The molecule has 0 N–H and O–H groups in total. The predicted octanol–water partition coefficient (Wildman–Crippen LogP) is 1.22. The molecule has 1 saturated carbocycles. The van der Waals surface area contributed by atoms with Crippen molar-refractivity contribution in [1.82, 2.24) is 29.2 Å². The Kier molecular flexibility index (Phi) is 3.83. The van der Waals surface area contributed by atoms with Crippen molar-refractivity contribution < 1.29 is 9.32 Å². The Morgan fingerprint density at radius 3 is 2.61 bits per heavy atom. The number of hydrogen-bond acceptors (Lipinski definition) is 8. The Balaban J connectivity index is 1.15. The summed E-state index contributed by atoms with van der Waals surface area (Å²) in [5.41, 5.74) is 2.49. The van der Waals surface area contributed by atoms with E-state index in [1.54, 1.807) is 17.9 Å². The molecule has 4 aromatic rings. The largest absolute Gasteiger partial charge is 0.371 e. The zero-order chi connectivity index (χ0) is 21.1. The number of aryl methyl sites for hydroxylation is 1. The van der Waals surface area contributed by atoms with E-state index < -0.39 is 0 Å². The molecule has 0 spiro atoms. The number of rotatable bonds is 5. The van der Waals surface area contributed by atoms with Crippen molar-refractivity contribution in [2.24, 2.45) is 18.9 Å². The normalized spacial score (nSPS) is 22.1. The smallest absolute Gasteiger partial charge is 0.280 e. The van der Waals surface area contributed by atoms with Crippen molar-refractivity contribution in [2.75, 3.05) is 18.0 Å². The van der Waals surface area contributed by atoms with Crippen molar-refractivity contribution in [3.05, 3.63) is 64.6 Å². The number of aromatic nitrogens is 6. The number of aldehydes is 1. The third kappa shape index (κ3) is 2.86. The lowest BCUT2D eigenvalue weighted by Crippen LogP contribution is -2.23. The van der Waals surface area contributed by atoms with Crippen molar-refractivity contribution in [2.45, 2.75) is 12.5 Å². The fourth-order valence-corrected chi connectivity index (χ4v) is 4.68. The zero-order valence-corrected chi connectivity index (χ0v) is 16.8.